The van der Waals surface area contributed by atoms with Crippen LogP contribution in [0.15, 0.2) is 42.5 Å². The highest BCUT2D eigenvalue weighted by atomic mass is 19.1. The molecule has 0 aliphatic rings. The molecule has 1 atom stereocenters. The molecule has 0 saturated heterocycles. The van der Waals surface area contributed by atoms with E-state index in [1.807, 2.05) is 52.8 Å². The van der Waals surface area contributed by atoms with Crippen LogP contribution >= 0.6 is 0 Å². The Balaban J connectivity index is 2.29. The van der Waals surface area contributed by atoms with Crippen molar-refractivity contribution in [1.29, 1.82) is 0 Å². The molecule has 2 aromatic rings. The maximum absolute atomic E-state index is 14.2. The van der Waals surface area contributed by atoms with Gasteiger partial charge in [-0.2, -0.15) is 0 Å². The van der Waals surface area contributed by atoms with Gasteiger partial charge >= 0.3 is 0 Å². The normalized spacial score (nSPS) is 12.4. The number of carbonyl (C=O) groups excluding carboxylic acids is 2. The summed E-state index contributed by atoms with van der Waals surface area (Å²) >= 11 is 0. The van der Waals surface area contributed by atoms with Crippen LogP contribution < -0.4 is 5.32 Å². The van der Waals surface area contributed by atoms with Crippen LogP contribution in [0.2, 0.25) is 0 Å². The molecule has 156 valence electrons. The summed E-state index contributed by atoms with van der Waals surface area (Å²) in [6.45, 7) is 11.4. The van der Waals surface area contributed by atoms with Crippen LogP contribution in [0.4, 0.5) is 4.39 Å². The number of aryl methyl sites for hydroxylation is 2. The van der Waals surface area contributed by atoms with Crippen LogP contribution in [-0.4, -0.2) is 28.3 Å². The van der Waals surface area contributed by atoms with Gasteiger partial charge in [0.1, 0.15) is 11.9 Å². The molecule has 0 fully saturated rings. The van der Waals surface area contributed by atoms with Gasteiger partial charge in [0.2, 0.25) is 11.8 Å². The first-order chi connectivity index (χ1) is 13.5. The van der Waals surface area contributed by atoms with Crippen molar-refractivity contribution in [3.8, 4) is 0 Å². The van der Waals surface area contributed by atoms with Gasteiger partial charge in [-0.1, -0.05) is 36.4 Å². The largest absolute Gasteiger partial charge is 0.350 e. The van der Waals surface area contributed by atoms with Crippen molar-refractivity contribution in [2.45, 2.75) is 66.1 Å². The highest BCUT2D eigenvalue weighted by Gasteiger charge is 2.29. The fourth-order valence-electron chi connectivity index (χ4n) is 3.06. The smallest absolute Gasteiger partial charge is 0.242 e. The Kier molecular flexibility index (Phi) is 7.17. The van der Waals surface area contributed by atoms with E-state index in [9.17, 15) is 14.0 Å². The molecule has 0 bridgehead atoms. The second-order valence-corrected chi connectivity index (χ2v) is 8.62. The number of benzene rings is 2. The Labute approximate surface area is 173 Å². The van der Waals surface area contributed by atoms with E-state index < -0.39 is 11.6 Å². The van der Waals surface area contributed by atoms with E-state index in [2.05, 4.69) is 5.32 Å². The molecular weight excluding hydrogens is 367 g/mol. The third-order valence-electron chi connectivity index (χ3n) is 4.89. The van der Waals surface area contributed by atoms with Crippen LogP contribution in [0.1, 0.15) is 49.9 Å². The Morgan fingerprint density at radius 1 is 1.07 bits per heavy atom. The lowest BCUT2D eigenvalue weighted by atomic mass is 10.0. The fourth-order valence-corrected chi connectivity index (χ4v) is 3.06. The van der Waals surface area contributed by atoms with Crippen molar-refractivity contribution in [2.24, 2.45) is 0 Å². The number of hydrogen-bond donors (Lipinski definition) is 1. The summed E-state index contributed by atoms with van der Waals surface area (Å²) in [6, 6.07) is 11.5. The molecule has 5 heteroatoms. The number of nitrogens with one attached hydrogen (secondary N) is 1. The molecule has 2 aromatic carbocycles. The lowest BCUT2D eigenvalue weighted by Gasteiger charge is -2.31. The van der Waals surface area contributed by atoms with Crippen molar-refractivity contribution < 1.29 is 14.0 Å². The van der Waals surface area contributed by atoms with Crippen molar-refractivity contribution in [1.82, 2.24) is 10.2 Å². The summed E-state index contributed by atoms with van der Waals surface area (Å²) in [4.78, 5) is 27.3. The number of amides is 2. The topological polar surface area (TPSA) is 49.4 Å². The van der Waals surface area contributed by atoms with Crippen LogP contribution in [0.5, 0.6) is 0 Å². The SMILES string of the molecule is Cc1ccc(CC(=O)N(Cc2ccccc2F)[C@H](C)C(=O)NC(C)(C)C)cc1C. The number of rotatable bonds is 6. The Morgan fingerprint density at radius 2 is 1.72 bits per heavy atom. The quantitative estimate of drug-likeness (QED) is 0.788. The Bertz CT molecular complexity index is 887. The third kappa shape index (κ3) is 6.41. The zero-order valence-electron chi connectivity index (χ0n) is 18.2. The molecular formula is C24H31FN2O2. The van der Waals surface area contributed by atoms with E-state index >= 15 is 0 Å². The lowest BCUT2D eigenvalue weighted by molar-refractivity contribution is -0.140. The highest BCUT2D eigenvalue weighted by Crippen LogP contribution is 2.17. The van der Waals surface area contributed by atoms with Crippen LogP contribution in [0.3, 0.4) is 0 Å². The van der Waals surface area contributed by atoms with Crippen molar-refractivity contribution in [3.63, 3.8) is 0 Å². The van der Waals surface area contributed by atoms with E-state index in [0.29, 0.717) is 5.56 Å². The van der Waals surface area contributed by atoms with E-state index in [0.717, 1.165) is 16.7 Å². The first kappa shape index (κ1) is 22.6. The van der Waals surface area contributed by atoms with Gasteiger partial charge in [0.15, 0.2) is 0 Å². The summed E-state index contributed by atoms with van der Waals surface area (Å²) in [5.41, 5.74) is 3.10. The van der Waals surface area contributed by atoms with Gasteiger partial charge in [0, 0.05) is 17.6 Å². The van der Waals surface area contributed by atoms with Gasteiger partial charge in [-0.15, -0.1) is 0 Å². The van der Waals surface area contributed by atoms with E-state index in [4.69, 9.17) is 0 Å². The van der Waals surface area contributed by atoms with Crippen molar-refractivity contribution in [3.05, 3.63) is 70.5 Å². The molecule has 4 nitrogen and oxygen atoms in total. The minimum Gasteiger partial charge on any atom is -0.350 e. The Morgan fingerprint density at radius 3 is 2.31 bits per heavy atom. The van der Waals surface area contributed by atoms with E-state index in [-0.39, 0.29) is 30.6 Å². The molecule has 2 rings (SSSR count). The number of carbonyl (C=O) groups is 2. The van der Waals surface area contributed by atoms with Gasteiger partial charge in [-0.3, -0.25) is 9.59 Å². The number of halogens is 1. The Hall–Kier alpha value is -2.69. The molecule has 0 aromatic heterocycles. The average Bonchev–Trinajstić information content (AvgIpc) is 2.62. The summed E-state index contributed by atoms with van der Waals surface area (Å²) in [5.74, 6) is -0.866. The molecule has 1 N–H and O–H groups in total. The van der Waals surface area contributed by atoms with Gasteiger partial charge in [-0.05, 0) is 64.3 Å². The van der Waals surface area contributed by atoms with Crippen LogP contribution in [0, 0.1) is 19.7 Å². The summed E-state index contributed by atoms with van der Waals surface area (Å²) in [6.07, 6.45) is 0.155. The molecule has 0 saturated carbocycles. The minimum absolute atomic E-state index is 0.0368. The van der Waals surface area contributed by atoms with Gasteiger partial charge < -0.3 is 10.2 Å². The maximum atomic E-state index is 14.2. The minimum atomic E-state index is -0.729. The lowest BCUT2D eigenvalue weighted by Crippen LogP contribution is -2.52. The second kappa shape index (κ2) is 9.21. The molecule has 29 heavy (non-hydrogen) atoms. The zero-order chi connectivity index (χ0) is 21.8. The van der Waals surface area contributed by atoms with Gasteiger partial charge in [-0.25, -0.2) is 4.39 Å². The van der Waals surface area contributed by atoms with Crippen LogP contribution in [-0.2, 0) is 22.6 Å². The van der Waals surface area contributed by atoms with E-state index in [1.54, 1.807) is 25.1 Å². The molecule has 2 amide bonds. The first-order valence-electron chi connectivity index (χ1n) is 9.89. The standard InChI is InChI=1S/C24H31FN2O2/c1-16-11-12-19(13-17(16)2)14-22(28)27(15-20-9-7-8-10-21(20)25)18(3)23(29)26-24(4,5)6/h7-13,18H,14-15H2,1-6H3,(H,26,29)/t18-/m1/s1. The van der Waals surface area contributed by atoms with Gasteiger partial charge in [0.25, 0.3) is 0 Å². The maximum Gasteiger partial charge on any atom is 0.242 e. The molecule has 0 aliphatic heterocycles. The summed E-state index contributed by atoms with van der Waals surface area (Å²) in [5, 5.41) is 2.91. The molecule has 0 unspecified atom stereocenters. The third-order valence-corrected chi connectivity index (χ3v) is 4.89. The predicted molar refractivity (Wildman–Crippen MR) is 114 cm³/mol. The molecule has 0 spiro atoms. The zero-order valence-corrected chi connectivity index (χ0v) is 18.2. The number of nitrogens with zero attached hydrogens (tertiary/aromatic N) is 1. The average molecular weight is 399 g/mol. The number of hydrogen-bond acceptors (Lipinski definition) is 2. The summed E-state index contributed by atoms with van der Waals surface area (Å²) in [7, 11) is 0. The monoisotopic (exact) mass is 398 g/mol. The highest BCUT2D eigenvalue weighted by molar-refractivity contribution is 5.88. The predicted octanol–water partition coefficient (Wildman–Crippen LogP) is 4.32. The first-order valence-corrected chi connectivity index (χ1v) is 9.89. The van der Waals surface area contributed by atoms with E-state index in [1.165, 1.54) is 11.0 Å². The van der Waals surface area contributed by atoms with Gasteiger partial charge in [0.05, 0.1) is 6.42 Å². The van der Waals surface area contributed by atoms with Crippen LogP contribution in [0.25, 0.3) is 0 Å². The molecule has 0 radical (unpaired) electrons. The molecule has 0 heterocycles. The molecule has 0 aliphatic carbocycles. The fraction of sp³-hybridized carbons (Fsp3) is 0.417. The summed E-state index contributed by atoms with van der Waals surface area (Å²) < 4.78 is 14.2. The second-order valence-electron chi connectivity index (χ2n) is 8.62. The van der Waals surface area contributed by atoms with Crippen molar-refractivity contribution >= 4 is 11.8 Å². The van der Waals surface area contributed by atoms with Crippen molar-refractivity contribution in [2.75, 3.05) is 0 Å².